The van der Waals surface area contributed by atoms with E-state index in [-0.39, 0.29) is 11.9 Å². The van der Waals surface area contributed by atoms with Crippen molar-refractivity contribution in [2.75, 3.05) is 0 Å². The Morgan fingerprint density at radius 2 is 2.12 bits per heavy atom. The number of hydrogen-bond donors (Lipinski definition) is 1. The lowest BCUT2D eigenvalue weighted by molar-refractivity contribution is 0.622. The normalized spacial score (nSPS) is 12.8. The highest BCUT2D eigenvalue weighted by molar-refractivity contribution is 9.10. The minimum absolute atomic E-state index is 0.238. The van der Waals surface area contributed by atoms with Crippen LogP contribution in [-0.4, -0.2) is 0 Å². The van der Waals surface area contributed by atoms with Crippen molar-refractivity contribution in [1.82, 2.24) is 0 Å². The fourth-order valence-electron chi connectivity index (χ4n) is 1.62. The van der Waals surface area contributed by atoms with Crippen LogP contribution >= 0.6 is 27.3 Å². The first kappa shape index (κ1) is 11.8. The molecule has 0 saturated carbocycles. The molecule has 0 spiro atoms. The molecule has 2 rings (SSSR count). The van der Waals surface area contributed by atoms with E-state index < -0.39 is 0 Å². The molecule has 0 amide bonds. The van der Waals surface area contributed by atoms with Gasteiger partial charge < -0.3 is 5.73 Å². The summed E-state index contributed by atoms with van der Waals surface area (Å²) in [5.74, 6) is -0.238. The van der Waals surface area contributed by atoms with Crippen LogP contribution in [0, 0.1) is 12.7 Å². The van der Waals surface area contributed by atoms with Gasteiger partial charge in [-0.05, 0) is 57.6 Å². The second kappa shape index (κ2) is 4.65. The van der Waals surface area contributed by atoms with Gasteiger partial charge in [0.1, 0.15) is 5.82 Å². The lowest BCUT2D eigenvalue weighted by atomic mass is 10.0. The molecule has 1 aromatic heterocycles. The Hall–Kier alpha value is -0.710. The Morgan fingerprint density at radius 3 is 2.69 bits per heavy atom. The number of thiophene rings is 1. The van der Waals surface area contributed by atoms with Crippen molar-refractivity contribution in [2.24, 2.45) is 5.73 Å². The van der Waals surface area contributed by atoms with Gasteiger partial charge in [0.05, 0.1) is 6.04 Å². The van der Waals surface area contributed by atoms with Gasteiger partial charge >= 0.3 is 0 Å². The van der Waals surface area contributed by atoms with Crippen LogP contribution < -0.4 is 5.73 Å². The number of halogens is 2. The smallest absolute Gasteiger partial charge is 0.123 e. The van der Waals surface area contributed by atoms with Crippen molar-refractivity contribution < 1.29 is 4.39 Å². The molecule has 1 aromatic carbocycles. The van der Waals surface area contributed by atoms with Gasteiger partial charge in [0.25, 0.3) is 0 Å². The summed E-state index contributed by atoms with van der Waals surface area (Å²) in [5, 5.41) is 1.96. The molecule has 0 bridgehead atoms. The minimum atomic E-state index is -0.274. The van der Waals surface area contributed by atoms with Crippen molar-refractivity contribution in [3.05, 3.63) is 55.9 Å². The van der Waals surface area contributed by atoms with Crippen LogP contribution in [-0.2, 0) is 0 Å². The van der Waals surface area contributed by atoms with E-state index in [0.29, 0.717) is 0 Å². The molecule has 1 nitrogen and oxygen atoms in total. The summed E-state index contributed by atoms with van der Waals surface area (Å²) in [6, 6.07) is 6.58. The molecule has 0 aliphatic carbocycles. The molecular weight excluding hydrogens is 289 g/mol. The SMILES string of the molecule is Cc1cc(F)cc(C(N)c2sccc2Br)c1. The third-order valence-corrected chi connectivity index (χ3v) is 4.30. The van der Waals surface area contributed by atoms with E-state index in [1.807, 2.05) is 24.4 Å². The van der Waals surface area contributed by atoms with E-state index in [0.717, 1.165) is 20.5 Å². The summed E-state index contributed by atoms with van der Waals surface area (Å²) in [4.78, 5) is 1.02. The average Bonchev–Trinajstić information content (AvgIpc) is 2.62. The fourth-order valence-corrected chi connectivity index (χ4v) is 3.27. The molecule has 4 heteroatoms. The van der Waals surface area contributed by atoms with Crippen molar-refractivity contribution in [3.63, 3.8) is 0 Å². The van der Waals surface area contributed by atoms with E-state index in [4.69, 9.17) is 5.73 Å². The van der Waals surface area contributed by atoms with Gasteiger partial charge in [-0.15, -0.1) is 11.3 Å². The highest BCUT2D eigenvalue weighted by Gasteiger charge is 2.14. The summed E-state index contributed by atoms with van der Waals surface area (Å²) < 4.78 is 14.2. The molecule has 2 aromatic rings. The van der Waals surface area contributed by atoms with Crippen molar-refractivity contribution >= 4 is 27.3 Å². The second-order valence-corrected chi connectivity index (χ2v) is 5.47. The molecule has 0 saturated heterocycles. The predicted molar refractivity (Wildman–Crippen MR) is 69.2 cm³/mol. The van der Waals surface area contributed by atoms with Crippen LogP contribution in [0.2, 0.25) is 0 Å². The standard InChI is InChI=1S/C12H11BrFNS/c1-7-4-8(6-9(14)5-7)11(15)12-10(13)2-3-16-12/h2-6,11H,15H2,1H3. The molecule has 0 fully saturated rings. The lowest BCUT2D eigenvalue weighted by Gasteiger charge is -2.12. The zero-order chi connectivity index (χ0) is 11.7. The summed E-state index contributed by atoms with van der Waals surface area (Å²) >= 11 is 5.01. The number of hydrogen-bond acceptors (Lipinski definition) is 2. The van der Waals surface area contributed by atoms with Crippen LogP contribution in [0.15, 0.2) is 34.1 Å². The summed E-state index contributed by atoms with van der Waals surface area (Å²) in [5.41, 5.74) is 7.81. The summed E-state index contributed by atoms with van der Waals surface area (Å²) in [7, 11) is 0. The quantitative estimate of drug-likeness (QED) is 0.891. The molecule has 16 heavy (non-hydrogen) atoms. The molecule has 1 atom stereocenters. The topological polar surface area (TPSA) is 26.0 Å². The van der Waals surface area contributed by atoms with Crippen molar-refractivity contribution in [2.45, 2.75) is 13.0 Å². The third-order valence-electron chi connectivity index (χ3n) is 2.35. The van der Waals surface area contributed by atoms with E-state index in [1.165, 1.54) is 12.1 Å². The molecule has 84 valence electrons. The Bertz CT molecular complexity index is 489. The van der Waals surface area contributed by atoms with Gasteiger partial charge in [0, 0.05) is 9.35 Å². The number of aryl methyl sites for hydroxylation is 1. The number of benzene rings is 1. The van der Waals surface area contributed by atoms with Gasteiger partial charge in [-0.3, -0.25) is 0 Å². The van der Waals surface area contributed by atoms with Gasteiger partial charge in [-0.25, -0.2) is 4.39 Å². The lowest BCUT2D eigenvalue weighted by Crippen LogP contribution is -2.11. The van der Waals surface area contributed by atoms with E-state index in [9.17, 15) is 4.39 Å². The molecule has 1 heterocycles. The van der Waals surface area contributed by atoms with Gasteiger partial charge in [-0.1, -0.05) is 6.07 Å². The predicted octanol–water partition coefficient (Wildman–Crippen LogP) is 4.01. The first-order chi connectivity index (χ1) is 7.58. The molecule has 1 unspecified atom stereocenters. The van der Waals surface area contributed by atoms with Crippen LogP contribution in [0.4, 0.5) is 4.39 Å². The Kier molecular flexibility index (Phi) is 3.42. The van der Waals surface area contributed by atoms with Crippen LogP contribution in [0.25, 0.3) is 0 Å². The maximum Gasteiger partial charge on any atom is 0.123 e. The van der Waals surface area contributed by atoms with Gasteiger partial charge in [0.15, 0.2) is 0 Å². The first-order valence-corrected chi connectivity index (χ1v) is 6.51. The third kappa shape index (κ3) is 2.34. The van der Waals surface area contributed by atoms with Crippen LogP contribution in [0.5, 0.6) is 0 Å². The van der Waals surface area contributed by atoms with E-state index >= 15 is 0 Å². The van der Waals surface area contributed by atoms with E-state index in [2.05, 4.69) is 15.9 Å². The molecular formula is C12H11BrFNS. The highest BCUT2D eigenvalue weighted by atomic mass is 79.9. The number of rotatable bonds is 2. The van der Waals surface area contributed by atoms with Gasteiger partial charge in [-0.2, -0.15) is 0 Å². The fraction of sp³-hybridized carbons (Fsp3) is 0.167. The monoisotopic (exact) mass is 299 g/mol. The molecule has 0 aliphatic heterocycles. The van der Waals surface area contributed by atoms with Crippen molar-refractivity contribution in [3.8, 4) is 0 Å². The van der Waals surface area contributed by atoms with Crippen LogP contribution in [0.3, 0.4) is 0 Å². The number of nitrogens with two attached hydrogens (primary N) is 1. The minimum Gasteiger partial charge on any atom is -0.320 e. The van der Waals surface area contributed by atoms with Gasteiger partial charge in [0.2, 0.25) is 0 Å². The van der Waals surface area contributed by atoms with Crippen LogP contribution in [0.1, 0.15) is 22.0 Å². The summed E-state index contributed by atoms with van der Waals surface area (Å²) in [6.07, 6.45) is 0. The Labute approximate surface area is 106 Å². The first-order valence-electron chi connectivity index (χ1n) is 4.83. The largest absolute Gasteiger partial charge is 0.320 e. The zero-order valence-corrected chi connectivity index (χ0v) is 11.1. The summed E-state index contributed by atoms with van der Waals surface area (Å²) in [6.45, 7) is 1.86. The Morgan fingerprint density at radius 1 is 1.38 bits per heavy atom. The maximum absolute atomic E-state index is 13.3. The molecule has 0 radical (unpaired) electrons. The maximum atomic E-state index is 13.3. The zero-order valence-electron chi connectivity index (χ0n) is 8.71. The second-order valence-electron chi connectivity index (χ2n) is 3.67. The average molecular weight is 300 g/mol. The molecule has 2 N–H and O–H groups in total. The Balaban J connectivity index is 2.41. The van der Waals surface area contributed by atoms with E-state index in [1.54, 1.807) is 11.3 Å². The molecule has 0 aliphatic rings. The van der Waals surface area contributed by atoms with Crippen molar-refractivity contribution in [1.29, 1.82) is 0 Å². The highest BCUT2D eigenvalue weighted by Crippen LogP contribution is 2.32.